The maximum atomic E-state index is 11.7. The Morgan fingerprint density at radius 2 is 1.76 bits per heavy atom. The van der Waals surface area contributed by atoms with E-state index in [1.54, 1.807) is 13.8 Å². The largest absolute Gasteiger partial charge is 0.543 e. The molecule has 0 aromatic heterocycles. The molecule has 8 heteroatoms. The first-order chi connectivity index (χ1) is 9.97. The molecule has 0 fully saturated rings. The van der Waals surface area contributed by atoms with E-state index in [1.807, 2.05) is 0 Å². The van der Waals surface area contributed by atoms with Gasteiger partial charge in [-0.1, -0.05) is 0 Å². The van der Waals surface area contributed by atoms with Gasteiger partial charge in [0.2, 0.25) is 0 Å². The van der Waals surface area contributed by atoms with Gasteiger partial charge in [-0.25, -0.2) is 14.5 Å². The highest BCUT2D eigenvalue weighted by Crippen LogP contribution is 2.25. The Labute approximate surface area is 121 Å². The summed E-state index contributed by atoms with van der Waals surface area (Å²) in [4.78, 5) is 31.1. The van der Waals surface area contributed by atoms with Gasteiger partial charge >= 0.3 is 12.1 Å². The van der Waals surface area contributed by atoms with Gasteiger partial charge < -0.3 is 14.2 Å². The van der Waals surface area contributed by atoms with Gasteiger partial charge in [-0.3, -0.25) is 4.89 Å². The van der Waals surface area contributed by atoms with Crippen molar-refractivity contribution in [3.8, 4) is 11.5 Å². The van der Waals surface area contributed by atoms with Gasteiger partial charge in [-0.2, -0.15) is 0 Å². The minimum Gasteiger partial charge on any atom is -0.497 e. The fourth-order valence-electron chi connectivity index (χ4n) is 1.30. The van der Waals surface area contributed by atoms with Crippen LogP contribution in [0, 0.1) is 0 Å². The van der Waals surface area contributed by atoms with Gasteiger partial charge in [0.15, 0.2) is 0 Å². The predicted octanol–water partition coefficient (Wildman–Crippen LogP) is 2.27. The molecule has 0 radical (unpaired) electrons. The monoisotopic (exact) mass is 300 g/mol. The average molecular weight is 300 g/mol. The third-order valence-corrected chi connectivity index (χ3v) is 2.17. The molecular weight excluding hydrogens is 284 g/mol. The van der Waals surface area contributed by atoms with Crippen LogP contribution >= 0.6 is 0 Å². The molecule has 0 amide bonds. The van der Waals surface area contributed by atoms with Gasteiger partial charge in [-0.15, -0.1) is 0 Å². The Hall–Kier alpha value is -2.48. The van der Waals surface area contributed by atoms with Crippen molar-refractivity contribution >= 4 is 12.1 Å². The van der Waals surface area contributed by atoms with Gasteiger partial charge in [0, 0.05) is 6.07 Å². The molecule has 1 aromatic carbocycles. The molecule has 0 bridgehead atoms. The summed E-state index contributed by atoms with van der Waals surface area (Å²) in [7, 11) is 2.85. The van der Waals surface area contributed by atoms with E-state index in [0.29, 0.717) is 5.75 Å². The fourth-order valence-corrected chi connectivity index (χ4v) is 1.30. The number of carbonyl (C=O) groups excluding carboxylic acids is 2. The molecule has 0 aliphatic heterocycles. The summed E-state index contributed by atoms with van der Waals surface area (Å²) in [5.74, 6) is -0.194. The standard InChI is InChI=1S/C13H16O8/c1-8(2)18-13(15)20-21-19-12(14)10-6-5-9(16-3)7-11(10)17-4/h5-8H,1-4H3. The fraction of sp³-hybridized carbons (Fsp3) is 0.385. The second-order valence-corrected chi connectivity index (χ2v) is 4.00. The van der Waals surface area contributed by atoms with E-state index in [9.17, 15) is 9.59 Å². The number of rotatable bonds is 6. The zero-order chi connectivity index (χ0) is 15.8. The summed E-state index contributed by atoms with van der Waals surface area (Å²) < 4.78 is 14.6. The van der Waals surface area contributed by atoms with Crippen LogP contribution in [0.25, 0.3) is 0 Å². The van der Waals surface area contributed by atoms with Crippen molar-refractivity contribution in [2.24, 2.45) is 0 Å². The van der Waals surface area contributed by atoms with E-state index in [2.05, 4.69) is 19.6 Å². The second-order valence-electron chi connectivity index (χ2n) is 4.00. The first kappa shape index (κ1) is 16.6. The highest BCUT2D eigenvalue weighted by molar-refractivity contribution is 5.92. The number of carbonyl (C=O) groups is 2. The van der Waals surface area contributed by atoms with E-state index in [1.165, 1.54) is 32.4 Å². The summed E-state index contributed by atoms with van der Waals surface area (Å²) in [5.41, 5.74) is 0.0686. The SMILES string of the molecule is COc1ccc(C(=O)OOOC(=O)OC(C)C)c(OC)c1. The van der Waals surface area contributed by atoms with Gasteiger partial charge in [0.1, 0.15) is 17.1 Å². The van der Waals surface area contributed by atoms with Crippen LogP contribution < -0.4 is 9.47 Å². The molecule has 116 valence electrons. The number of hydrogen-bond donors (Lipinski definition) is 0. The third-order valence-electron chi connectivity index (χ3n) is 2.17. The first-order valence-corrected chi connectivity index (χ1v) is 5.96. The average Bonchev–Trinajstić information content (AvgIpc) is 2.45. The maximum absolute atomic E-state index is 11.7. The molecule has 0 atom stereocenters. The van der Waals surface area contributed by atoms with Crippen LogP contribution in [0.15, 0.2) is 18.2 Å². The van der Waals surface area contributed by atoms with Crippen LogP contribution in [-0.2, 0) is 19.6 Å². The van der Waals surface area contributed by atoms with Gasteiger partial charge in [0.05, 0.1) is 25.4 Å². The molecule has 1 rings (SSSR count). The smallest absolute Gasteiger partial charge is 0.497 e. The molecule has 0 spiro atoms. The lowest BCUT2D eigenvalue weighted by Crippen LogP contribution is -2.15. The summed E-state index contributed by atoms with van der Waals surface area (Å²) in [6.07, 6.45) is -1.52. The molecule has 0 aliphatic rings. The number of benzene rings is 1. The highest BCUT2D eigenvalue weighted by atomic mass is 17.5. The van der Waals surface area contributed by atoms with Crippen LogP contribution in [-0.4, -0.2) is 32.4 Å². The van der Waals surface area contributed by atoms with Crippen molar-refractivity contribution in [3.05, 3.63) is 23.8 Å². The minimum absolute atomic E-state index is 0.0686. The number of ether oxygens (including phenoxy) is 3. The summed E-state index contributed by atoms with van der Waals surface area (Å²) in [6, 6.07) is 4.44. The Balaban J connectivity index is 2.58. The predicted molar refractivity (Wildman–Crippen MR) is 68.7 cm³/mol. The van der Waals surface area contributed by atoms with Crippen LogP contribution in [0.1, 0.15) is 24.2 Å². The van der Waals surface area contributed by atoms with Crippen molar-refractivity contribution in [2.75, 3.05) is 14.2 Å². The molecule has 0 heterocycles. The molecule has 0 aliphatic carbocycles. The van der Waals surface area contributed by atoms with Crippen molar-refractivity contribution < 1.29 is 38.6 Å². The number of methoxy groups -OCH3 is 2. The zero-order valence-corrected chi connectivity index (χ0v) is 12.1. The van der Waals surface area contributed by atoms with Gasteiger partial charge in [0.25, 0.3) is 0 Å². The molecule has 0 N–H and O–H groups in total. The van der Waals surface area contributed by atoms with Crippen LogP contribution in [0.4, 0.5) is 4.79 Å². The maximum Gasteiger partial charge on any atom is 0.543 e. The van der Waals surface area contributed by atoms with E-state index in [4.69, 9.17) is 9.47 Å². The first-order valence-electron chi connectivity index (χ1n) is 5.96. The molecule has 1 aromatic rings. The van der Waals surface area contributed by atoms with E-state index in [0.717, 1.165) is 0 Å². The second kappa shape index (κ2) is 7.95. The molecule has 0 saturated heterocycles. The van der Waals surface area contributed by atoms with Crippen molar-refractivity contribution in [1.82, 2.24) is 0 Å². The molecule has 8 nitrogen and oxygen atoms in total. The Kier molecular flexibility index (Phi) is 6.28. The van der Waals surface area contributed by atoms with Crippen LogP contribution in [0.5, 0.6) is 11.5 Å². The quantitative estimate of drug-likeness (QED) is 0.449. The van der Waals surface area contributed by atoms with Crippen LogP contribution in [0.3, 0.4) is 0 Å². The van der Waals surface area contributed by atoms with E-state index < -0.39 is 18.2 Å². The highest BCUT2D eigenvalue weighted by Gasteiger charge is 2.17. The Bertz CT molecular complexity index is 497. The normalized spacial score (nSPS) is 9.95. The van der Waals surface area contributed by atoms with Crippen molar-refractivity contribution in [1.29, 1.82) is 0 Å². The van der Waals surface area contributed by atoms with Gasteiger partial charge in [-0.05, 0) is 26.0 Å². The van der Waals surface area contributed by atoms with Crippen molar-refractivity contribution in [2.45, 2.75) is 20.0 Å². The van der Waals surface area contributed by atoms with Crippen molar-refractivity contribution in [3.63, 3.8) is 0 Å². The van der Waals surface area contributed by atoms with E-state index in [-0.39, 0.29) is 11.3 Å². The lowest BCUT2D eigenvalue weighted by atomic mass is 10.2. The van der Waals surface area contributed by atoms with E-state index >= 15 is 0 Å². The number of hydrogen-bond acceptors (Lipinski definition) is 8. The molecule has 21 heavy (non-hydrogen) atoms. The Morgan fingerprint density at radius 1 is 1.05 bits per heavy atom. The summed E-state index contributed by atoms with van der Waals surface area (Å²) in [6.45, 7) is 3.24. The molecule has 0 unspecified atom stereocenters. The minimum atomic E-state index is -1.13. The zero-order valence-electron chi connectivity index (χ0n) is 12.1. The lowest BCUT2D eigenvalue weighted by Gasteiger charge is -2.09. The molecular formula is C13H16O8. The summed E-state index contributed by atoms with van der Waals surface area (Å²) >= 11 is 0. The molecule has 0 saturated carbocycles. The third kappa shape index (κ3) is 5.19. The lowest BCUT2D eigenvalue weighted by molar-refractivity contribution is -0.452. The summed E-state index contributed by atoms with van der Waals surface area (Å²) in [5, 5.41) is 4.06. The van der Waals surface area contributed by atoms with Crippen LogP contribution in [0.2, 0.25) is 0 Å². The topological polar surface area (TPSA) is 89.5 Å². The Morgan fingerprint density at radius 3 is 2.33 bits per heavy atom.